The second-order valence-electron chi connectivity index (χ2n) is 3.39. The first kappa shape index (κ1) is 17.0. The van der Waals surface area contributed by atoms with Crippen LogP contribution in [0.5, 0.6) is 0 Å². The maximum absolute atomic E-state index is 9.38. The van der Waals surface area contributed by atoms with E-state index in [1.807, 2.05) is 0 Å². The van der Waals surface area contributed by atoms with Gasteiger partial charge in [0.05, 0.1) is 12.7 Å². The molecule has 3 nitrogen and oxygen atoms in total. The smallest absolute Gasteiger partial charge is 0.103 e. The summed E-state index contributed by atoms with van der Waals surface area (Å²) in [5.74, 6) is 0. The van der Waals surface area contributed by atoms with Crippen molar-refractivity contribution in [2.24, 2.45) is 0 Å². The molecule has 15 heavy (non-hydrogen) atoms. The van der Waals surface area contributed by atoms with Crippen molar-refractivity contribution in [2.75, 3.05) is 13.2 Å². The van der Waals surface area contributed by atoms with Crippen LogP contribution in [0.2, 0.25) is 0 Å². The monoisotopic (exact) mass is 218 g/mol. The van der Waals surface area contributed by atoms with Gasteiger partial charge < -0.3 is 14.9 Å². The molecule has 0 aliphatic carbocycles. The lowest BCUT2D eigenvalue weighted by molar-refractivity contribution is -0.0567. The zero-order valence-corrected chi connectivity index (χ0v) is 8.98. The molecule has 0 amide bonds. The molecule has 0 bridgehead atoms. The van der Waals surface area contributed by atoms with Crippen LogP contribution in [0.4, 0.5) is 0 Å². The van der Waals surface area contributed by atoms with E-state index in [0.29, 0.717) is 13.0 Å². The van der Waals surface area contributed by atoms with E-state index >= 15 is 0 Å². The van der Waals surface area contributed by atoms with Crippen LogP contribution < -0.4 is 0 Å². The van der Waals surface area contributed by atoms with Crippen molar-refractivity contribution < 1.29 is 14.9 Å². The van der Waals surface area contributed by atoms with Gasteiger partial charge in [0.15, 0.2) is 0 Å². The summed E-state index contributed by atoms with van der Waals surface area (Å²) in [6.07, 6.45) is 4.46. The normalized spacial score (nSPS) is 14.1. The summed E-state index contributed by atoms with van der Waals surface area (Å²) < 4.78 is 5.46. The van der Waals surface area contributed by atoms with Crippen LogP contribution in [-0.2, 0) is 4.74 Å². The standard InChI is InChI=1S/C11H22O3.CH4/c1-3-5-6-8-14-11(7-4-2)10(13)9-12;/h4,10-13H,2-3,5-9H2,1H3;1H4. The third-order valence-corrected chi connectivity index (χ3v) is 2.10. The van der Waals surface area contributed by atoms with E-state index < -0.39 is 6.10 Å². The van der Waals surface area contributed by atoms with Crippen LogP contribution in [0.3, 0.4) is 0 Å². The van der Waals surface area contributed by atoms with Gasteiger partial charge in [-0.2, -0.15) is 0 Å². The Balaban J connectivity index is 0. The molecule has 2 unspecified atom stereocenters. The van der Waals surface area contributed by atoms with Crippen LogP contribution >= 0.6 is 0 Å². The minimum absolute atomic E-state index is 0. The van der Waals surface area contributed by atoms with Crippen LogP contribution in [0.15, 0.2) is 12.7 Å². The van der Waals surface area contributed by atoms with Gasteiger partial charge in [-0.25, -0.2) is 0 Å². The zero-order valence-electron chi connectivity index (χ0n) is 8.98. The zero-order chi connectivity index (χ0) is 10.8. The quantitative estimate of drug-likeness (QED) is 0.460. The lowest BCUT2D eigenvalue weighted by Gasteiger charge is -2.20. The minimum atomic E-state index is -0.797. The Hall–Kier alpha value is -0.380. The summed E-state index contributed by atoms with van der Waals surface area (Å²) in [5.41, 5.74) is 0. The Labute approximate surface area is 93.8 Å². The average molecular weight is 218 g/mol. The van der Waals surface area contributed by atoms with Gasteiger partial charge in [0.2, 0.25) is 0 Å². The molecular weight excluding hydrogens is 192 g/mol. The molecule has 0 aromatic carbocycles. The van der Waals surface area contributed by atoms with Gasteiger partial charge in [-0.15, -0.1) is 6.58 Å². The molecule has 0 rings (SSSR count). The summed E-state index contributed by atoms with van der Waals surface area (Å²) in [4.78, 5) is 0. The van der Waals surface area contributed by atoms with Crippen LogP contribution in [0.1, 0.15) is 40.0 Å². The summed E-state index contributed by atoms with van der Waals surface area (Å²) >= 11 is 0. The van der Waals surface area contributed by atoms with Gasteiger partial charge in [0.25, 0.3) is 0 Å². The fraction of sp³-hybridized carbons (Fsp3) is 0.833. The van der Waals surface area contributed by atoms with E-state index in [4.69, 9.17) is 9.84 Å². The van der Waals surface area contributed by atoms with E-state index in [2.05, 4.69) is 13.5 Å². The summed E-state index contributed by atoms with van der Waals surface area (Å²) in [6, 6.07) is 0. The average Bonchev–Trinajstić information content (AvgIpc) is 2.21. The summed E-state index contributed by atoms with van der Waals surface area (Å²) in [6.45, 7) is 6.10. The Morgan fingerprint density at radius 1 is 1.40 bits per heavy atom. The van der Waals surface area contributed by atoms with E-state index in [-0.39, 0.29) is 20.1 Å². The third kappa shape index (κ3) is 8.60. The van der Waals surface area contributed by atoms with Crippen LogP contribution in [0.25, 0.3) is 0 Å². The number of rotatable bonds is 9. The third-order valence-electron chi connectivity index (χ3n) is 2.10. The highest BCUT2D eigenvalue weighted by molar-refractivity contribution is 4.78. The number of hydrogen-bond donors (Lipinski definition) is 2. The number of hydrogen-bond acceptors (Lipinski definition) is 3. The lowest BCUT2D eigenvalue weighted by atomic mass is 10.1. The van der Waals surface area contributed by atoms with E-state index in [1.54, 1.807) is 6.08 Å². The number of aliphatic hydroxyl groups excluding tert-OH is 2. The molecule has 2 atom stereocenters. The SMILES string of the molecule is C.C=CCC(OCCCCC)C(O)CO. The molecule has 0 aliphatic rings. The molecule has 0 saturated carbocycles. The highest BCUT2D eigenvalue weighted by Gasteiger charge is 2.16. The van der Waals surface area contributed by atoms with Gasteiger partial charge in [-0.1, -0.05) is 33.3 Å². The first-order chi connectivity index (χ1) is 6.76. The van der Waals surface area contributed by atoms with Gasteiger partial charge in [0, 0.05) is 6.61 Å². The van der Waals surface area contributed by atoms with Gasteiger partial charge in [0.1, 0.15) is 6.10 Å². The summed E-state index contributed by atoms with van der Waals surface area (Å²) in [7, 11) is 0. The molecule has 92 valence electrons. The van der Waals surface area contributed by atoms with Gasteiger partial charge in [-0.3, -0.25) is 0 Å². The van der Waals surface area contributed by atoms with Crippen molar-refractivity contribution in [1.29, 1.82) is 0 Å². The van der Waals surface area contributed by atoms with E-state index in [9.17, 15) is 5.11 Å². The largest absolute Gasteiger partial charge is 0.394 e. The Morgan fingerprint density at radius 2 is 2.07 bits per heavy atom. The molecule has 0 aromatic heterocycles. The number of ether oxygens (including phenoxy) is 1. The van der Waals surface area contributed by atoms with Gasteiger partial charge in [-0.05, 0) is 12.8 Å². The minimum Gasteiger partial charge on any atom is -0.394 e. The molecule has 2 N–H and O–H groups in total. The predicted molar refractivity (Wildman–Crippen MR) is 63.9 cm³/mol. The van der Waals surface area contributed by atoms with Crippen molar-refractivity contribution in [3.63, 3.8) is 0 Å². The van der Waals surface area contributed by atoms with E-state index in [0.717, 1.165) is 19.3 Å². The molecule has 3 heteroatoms. The van der Waals surface area contributed by atoms with Crippen LogP contribution in [0, 0.1) is 0 Å². The van der Waals surface area contributed by atoms with Crippen molar-refractivity contribution in [2.45, 2.75) is 52.2 Å². The first-order valence-electron chi connectivity index (χ1n) is 5.27. The predicted octanol–water partition coefficient (Wildman–Crippen LogP) is 2.13. The second-order valence-corrected chi connectivity index (χ2v) is 3.39. The highest BCUT2D eigenvalue weighted by Crippen LogP contribution is 2.07. The molecule has 0 fully saturated rings. The van der Waals surface area contributed by atoms with Crippen LogP contribution in [-0.4, -0.2) is 35.6 Å². The topological polar surface area (TPSA) is 49.7 Å². The molecule has 0 radical (unpaired) electrons. The Kier molecular flexibility index (Phi) is 13.3. The number of unbranched alkanes of at least 4 members (excludes halogenated alkanes) is 2. The molecule has 0 saturated heterocycles. The molecular formula is C12H26O3. The molecule has 0 aromatic rings. The first-order valence-corrected chi connectivity index (χ1v) is 5.27. The van der Waals surface area contributed by atoms with Crippen molar-refractivity contribution in [3.05, 3.63) is 12.7 Å². The maximum atomic E-state index is 9.38. The molecule has 0 heterocycles. The Bertz CT molecular complexity index is 137. The molecule has 0 spiro atoms. The van der Waals surface area contributed by atoms with E-state index in [1.165, 1.54) is 0 Å². The van der Waals surface area contributed by atoms with Gasteiger partial charge >= 0.3 is 0 Å². The maximum Gasteiger partial charge on any atom is 0.103 e. The van der Waals surface area contributed by atoms with Crippen molar-refractivity contribution in [3.8, 4) is 0 Å². The molecule has 0 aliphatic heterocycles. The van der Waals surface area contributed by atoms with Crippen molar-refractivity contribution in [1.82, 2.24) is 0 Å². The Morgan fingerprint density at radius 3 is 2.53 bits per heavy atom. The van der Waals surface area contributed by atoms with Crippen molar-refractivity contribution >= 4 is 0 Å². The number of aliphatic hydroxyl groups is 2. The fourth-order valence-electron chi connectivity index (χ4n) is 1.20. The fourth-order valence-corrected chi connectivity index (χ4v) is 1.20. The lowest BCUT2D eigenvalue weighted by Crippen LogP contribution is -2.32. The highest BCUT2D eigenvalue weighted by atomic mass is 16.5. The second kappa shape index (κ2) is 11.7. The summed E-state index contributed by atoms with van der Waals surface area (Å²) in [5, 5.41) is 18.2.